The standard InChI is InChI=1S/C44H40O2/c1-29-11-19-34(20-12-29)42(35-21-13-30(2)14-22-35)39-27-40(44(46-5)38(28-41(39)45)33-9-7-6-8-10-33)43(36-23-15-31(3)16-24-36)37-25-17-32(4)18-26-37/h6-28,42-43H,1-5H3. The quantitative estimate of drug-likeness (QED) is 0.174. The molecule has 0 aliphatic rings. The molecule has 0 amide bonds. The van der Waals surface area contributed by atoms with Crippen molar-refractivity contribution in [3.8, 4) is 16.9 Å². The Morgan fingerprint density at radius 2 is 0.826 bits per heavy atom. The molecule has 46 heavy (non-hydrogen) atoms. The second-order valence-electron chi connectivity index (χ2n) is 12.4. The van der Waals surface area contributed by atoms with Crippen LogP contribution in [0.3, 0.4) is 0 Å². The lowest BCUT2D eigenvalue weighted by molar-refractivity contribution is 0.411. The van der Waals surface area contributed by atoms with Crippen LogP contribution in [0.1, 0.15) is 67.5 Å². The number of hydrogen-bond acceptors (Lipinski definition) is 2. The van der Waals surface area contributed by atoms with Gasteiger partial charge in [0.05, 0.1) is 7.11 Å². The van der Waals surface area contributed by atoms with Gasteiger partial charge in [0.15, 0.2) is 5.43 Å². The molecule has 0 saturated heterocycles. The van der Waals surface area contributed by atoms with Crippen LogP contribution in [-0.2, 0) is 0 Å². The SMILES string of the molecule is COc1c(-c2ccccc2)cc(=O)c(C(c2ccc(C)cc2)c2ccc(C)cc2)cc1C(c1ccc(C)cc1)c1ccc(C)cc1. The van der Waals surface area contributed by atoms with E-state index in [9.17, 15) is 4.79 Å². The molecular weight excluding hydrogens is 560 g/mol. The minimum absolute atomic E-state index is 0.0267. The molecule has 6 rings (SSSR count). The predicted molar refractivity (Wildman–Crippen MR) is 191 cm³/mol. The molecule has 0 spiro atoms. The van der Waals surface area contributed by atoms with Crippen LogP contribution >= 0.6 is 0 Å². The van der Waals surface area contributed by atoms with E-state index in [0.717, 1.165) is 38.9 Å². The van der Waals surface area contributed by atoms with Crippen LogP contribution in [0.15, 0.2) is 144 Å². The molecular formula is C44H40O2. The van der Waals surface area contributed by atoms with Crippen LogP contribution in [0.5, 0.6) is 5.75 Å². The molecule has 6 aromatic rings. The lowest BCUT2D eigenvalue weighted by Crippen LogP contribution is -2.14. The Bertz CT molecular complexity index is 1900. The number of ether oxygens (including phenoxy) is 1. The number of benzene rings is 5. The first-order valence-corrected chi connectivity index (χ1v) is 15.9. The first-order chi connectivity index (χ1) is 22.3. The van der Waals surface area contributed by atoms with Crippen LogP contribution in [0.4, 0.5) is 0 Å². The Kier molecular flexibility index (Phi) is 8.99. The maximum atomic E-state index is 14.7. The molecule has 0 aliphatic carbocycles. The van der Waals surface area contributed by atoms with Gasteiger partial charge in [-0.1, -0.05) is 150 Å². The van der Waals surface area contributed by atoms with Gasteiger partial charge in [0, 0.05) is 28.5 Å². The molecule has 0 atom stereocenters. The first-order valence-electron chi connectivity index (χ1n) is 15.9. The maximum absolute atomic E-state index is 14.7. The minimum atomic E-state index is -0.273. The lowest BCUT2D eigenvalue weighted by atomic mass is 9.81. The van der Waals surface area contributed by atoms with Gasteiger partial charge in [0.1, 0.15) is 5.75 Å². The Labute approximate surface area is 273 Å². The molecule has 0 N–H and O–H groups in total. The zero-order valence-corrected chi connectivity index (χ0v) is 27.3. The van der Waals surface area contributed by atoms with Crippen molar-refractivity contribution in [1.82, 2.24) is 0 Å². The van der Waals surface area contributed by atoms with Gasteiger partial charge in [-0.05, 0) is 67.6 Å². The van der Waals surface area contributed by atoms with Crippen molar-refractivity contribution >= 4 is 0 Å². The Morgan fingerprint density at radius 3 is 1.20 bits per heavy atom. The van der Waals surface area contributed by atoms with Gasteiger partial charge in [-0.2, -0.15) is 0 Å². The smallest absolute Gasteiger partial charge is 0.183 e. The number of rotatable bonds is 8. The van der Waals surface area contributed by atoms with Gasteiger partial charge >= 0.3 is 0 Å². The Balaban J connectivity index is 1.74. The van der Waals surface area contributed by atoms with Crippen molar-refractivity contribution in [2.75, 3.05) is 7.11 Å². The summed E-state index contributed by atoms with van der Waals surface area (Å²) in [6, 6.07) is 48.5. The summed E-state index contributed by atoms with van der Waals surface area (Å²) in [6.45, 7) is 8.40. The third-order valence-electron chi connectivity index (χ3n) is 8.93. The number of hydrogen-bond donors (Lipinski definition) is 0. The molecule has 2 nitrogen and oxygen atoms in total. The van der Waals surface area contributed by atoms with Crippen molar-refractivity contribution in [1.29, 1.82) is 0 Å². The first kappa shape index (κ1) is 30.8. The highest BCUT2D eigenvalue weighted by atomic mass is 16.5. The fraction of sp³-hybridized carbons (Fsp3) is 0.159. The maximum Gasteiger partial charge on any atom is 0.183 e. The average Bonchev–Trinajstić information content (AvgIpc) is 3.21. The van der Waals surface area contributed by atoms with E-state index in [4.69, 9.17) is 4.74 Å². The summed E-state index contributed by atoms with van der Waals surface area (Å²) in [4.78, 5) is 14.7. The zero-order valence-electron chi connectivity index (χ0n) is 27.3. The van der Waals surface area contributed by atoms with Gasteiger partial charge in [0.2, 0.25) is 0 Å². The summed E-state index contributed by atoms with van der Waals surface area (Å²) >= 11 is 0. The van der Waals surface area contributed by atoms with Crippen molar-refractivity contribution < 1.29 is 4.74 Å². The summed E-state index contributed by atoms with van der Waals surface area (Å²) in [5.74, 6) is 0.248. The van der Waals surface area contributed by atoms with Gasteiger partial charge in [-0.3, -0.25) is 4.79 Å². The lowest BCUT2D eigenvalue weighted by Gasteiger charge is -2.23. The zero-order chi connectivity index (χ0) is 32.2. The molecule has 228 valence electrons. The fourth-order valence-electron chi connectivity index (χ4n) is 6.38. The minimum Gasteiger partial charge on any atom is -0.496 e. The van der Waals surface area contributed by atoms with Crippen LogP contribution < -0.4 is 10.2 Å². The molecule has 0 aliphatic heterocycles. The van der Waals surface area contributed by atoms with E-state index in [-0.39, 0.29) is 17.3 Å². The molecule has 0 radical (unpaired) electrons. The van der Waals surface area contributed by atoms with E-state index in [1.54, 1.807) is 13.2 Å². The van der Waals surface area contributed by atoms with E-state index in [0.29, 0.717) is 11.3 Å². The van der Waals surface area contributed by atoms with Crippen molar-refractivity contribution in [2.45, 2.75) is 39.5 Å². The van der Waals surface area contributed by atoms with E-state index < -0.39 is 0 Å². The second kappa shape index (κ2) is 13.4. The summed E-state index contributed by atoms with van der Waals surface area (Å²) in [6.07, 6.45) is 0. The molecule has 6 aromatic carbocycles. The Hall–Kier alpha value is -5.21. The topological polar surface area (TPSA) is 26.3 Å². The number of aryl methyl sites for hydroxylation is 4. The highest BCUT2D eigenvalue weighted by molar-refractivity contribution is 5.73. The Morgan fingerprint density at radius 1 is 0.457 bits per heavy atom. The van der Waals surface area contributed by atoms with E-state index in [1.807, 2.05) is 30.3 Å². The largest absolute Gasteiger partial charge is 0.496 e. The van der Waals surface area contributed by atoms with Crippen LogP contribution in [0.25, 0.3) is 11.1 Å². The predicted octanol–water partition coefficient (Wildman–Crippen LogP) is 10.3. The fourth-order valence-corrected chi connectivity index (χ4v) is 6.38. The van der Waals surface area contributed by atoms with Gasteiger partial charge in [-0.15, -0.1) is 0 Å². The average molecular weight is 601 g/mol. The molecule has 0 bridgehead atoms. The van der Waals surface area contributed by atoms with Crippen molar-refractivity contribution in [3.63, 3.8) is 0 Å². The van der Waals surface area contributed by atoms with E-state index in [1.165, 1.54) is 22.3 Å². The normalized spacial score (nSPS) is 11.2. The highest BCUT2D eigenvalue weighted by Gasteiger charge is 2.27. The van der Waals surface area contributed by atoms with E-state index >= 15 is 0 Å². The number of methoxy groups -OCH3 is 1. The van der Waals surface area contributed by atoms with Crippen LogP contribution in [-0.4, -0.2) is 7.11 Å². The van der Waals surface area contributed by atoms with Crippen LogP contribution in [0, 0.1) is 27.7 Å². The molecule has 0 fully saturated rings. The molecule has 0 heterocycles. The van der Waals surface area contributed by atoms with Crippen molar-refractivity contribution in [3.05, 3.63) is 205 Å². The van der Waals surface area contributed by atoms with Gasteiger partial charge < -0.3 is 4.74 Å². The summed E-state index contributed by atoms with van der Waals surface area (Å²) in [7, 11) is 1.72. The third-order valence-corrected chi connectivity index (χ3v) is 8.93. The highest BCUT2D eigenvalue weighted by Crippen LogP contribution is 2.43. The summed E-state index contributed by atoms with van der Waals surface area (Å²) in [5.41, 5.74) is 12.5. The molecule has 2 heteroatoms. The van der Waals surface area contributed by atoms with E-state index in [2.05, 4.69) is 131 Å². The monoisotopic (exact) mass is 600 g/mol. The third kappa shape index (κ3) is 6.43. The second-order valence-corrected chi connectivity index (χ2v) is 12.4. The van der Waals surface area contributed by atoms with Gasteiger partial charge in [0.25, 0.3) is 0 Å². The van der Waals surface area contributed by atoms with Gasteiger partial charge in [-0.25, -0.2) is 0 Å². The summed E-state index contributed by atoms with van der Waals surface area (Å²) in [5, 5.41) is 0. The summed E-state index contributed by atoms with van der Waals surface area (Å²) < 4.78 is 6.36. The molecule has 0 aromatic heterocycles. The molecule has 0 saturated carbocycles. The van der Waals surface area contributed by atoms with Crippen LogP contribution in [0.2, 0.25) is 0 Å². The van der Waals surface area contributed by atoms with Crippen molar-refractivity contribution in [2.24, 2.45) is 0 Å². The molecule has 0 unspecified atom stereocenters.